The third-order valence-corrected chi connectivity index (χ3v) is 4.00. The van der Waals surface area contributed by atoms with Crippen molar-refractivity contribution in [2.75, 3.05) is 11.6 Å². The fraction of sp³-hybridized carbons (Fsp3) is 0.667. The number of nitrogens with one attached hydrogen (secondary N) is 1. The minimum absolute atomic E-state index is 0.0101. The van der Waals surface area contributed by atoms with Crippen LogP contribution in [0.3, 0.4) is 0 Å². The third kappa shape index (κ3) is 4.51. The summed E-state index contributed by atoms with van der Waals surface area (Å²) in [5, 5.41) is 0. The summed E-state index contributed by atoms with van der Waals surface area (Å²) in [7, 11) is -3.32. The Morgan fingerprint density at radius 1 is 1.62 bits per heavy atom. The predicted octanol–water partition coefficient (Wildman–Crippen LogP) is 1.28. The third-order valence-electron chi connectivity index (χ3n) is 1.88. The van der Waals surface area contributed by atoms with Crippen LogP contribution in [0.5, 0.6) is 0 Å². The summed E-state index contributed by atoms with van der Waals surface area (Å²) >= 11 is 5.56. The highest BCUT2D eigenvalue weighted by atomic mass is 35.5. The number of nitrogens with zero attached hydrogens (tertiary/aromatic N) is 1. The molecule has 1 N–H and O–H groups in total. The minimum atomic E-state index is -3.32. The molecule has 1 heterocycles. The van der Waals surface area contributed by atoms with Crippen LogP contribution < -0.4 is 4.72 Å². The minimum Gasteiger partial charge on any atom is -0.445 e. The van der Waals surface area contributed by atoms with Crippen molar-refractivity contribution < 1.29 is 12.8 Å². The summed E-state index contributed by atoms with van der Waals surface area (Å²) in [6.07, 6.45) is 1.55. The number of halogens is 1. The van der Waals surface area contributed by atoms with Gasteiger partial charge in [-0.15, -0.1) is 11.6 Å². The van der Waals surface area contributed by atoms with Crippen molar-refractivity contribution in [3.8, 4) is 0 Å². The summed E-state index contributed by atoms with van der Waals surface area (Å²) in [4.78, 5) is 3.90. The van der Waals surface area contributed by atoms with Gasteiger partial charge in [-0.1, -0.05) is 6.92 Å². The normalized spacial score (nSPS) is 13.9. The first-order chi connectivity index (χ1) is 7.43. The number of hydrogen-bond donors (Lipinski definition) is 1. The molecule has 0 amide bonds. The number of alkyl halides is 1. The van der Waals surface area contributed by atoms with Gasteiger partial charge in [-0.2, -0.15) is 0 Å². The van der Waals surface area contributed by atoms with E-state index in [2.05, 4.69) is 9.71 Å². The van der Waals surface area contributed by atoms with Crippen molar-refractivity contribution in [1.82, 2.24) is 9.71 Å². The Bertz CT molecular complexity index is 430. The Labute approximate surface area is 100 Å². The molecule has 7 heteroatoms. The zero-order valence-corrected chi connectivity index (χ0v) is 10.8. The molecule has 1 aromatic rings. The van der Waals surface area contributed by atoms with Crippen LogP contribution in [0.2, 0.25) is 0 Å². The number of aromatic nitrogens is 1. The predicted molar refractivity (Wildman–Crippen MR) is 61.8 cm³/mol. The second-order valence-electron chi connectivity index (χ2n) is 3.73. The van der Waals surface area contributed by atoms with Gasteiger partial charge in [0.1, 0.15) is 5.76 Å². The van der Waals surface area contributed by atoms with Crippen LogP contribution in [0, 0.1) is 12.8 Å². The molecule has 0 spiro atoms. The molecule has 16 heavy (non-hydrogen) atoms. The Kier molecular flexibility index (Phi) is 4.76. The zero-order chi connectivity index (χ0) is 12.2. The van der Waals surface area contributed by atoms with E-state index in [4.69, 9.17) is 16.0 Å². The number of aryl methyl sites for hydroxylation is 1. The van der Waals surface area contributed by atoms with E-state index in [-0.39, 0.29) is 18.2 Å². The van der Waals surface area contributed by atoms with Gasteiger partial charge in [0.05, 0.1) is 18.5 Å². The summed E-state index contributed by atoms with van der Waals surface area (Å²) in [6, 6.07) is 0. The fourth-order valence-electron chi connectivity index (χ4n) is 1.13. The molecular weight excluding hydrogens is 252 g/mol. The molecule has 1 unspecified atom stereocenters. The molecule has 0 aliphatic heterocycles. The SMILES string of the molecule is Cc1cnc(CNS(=O)(=O)CC(C)CCl)o1. The second-order valence-corrected chi connectivity index (χ2v) is 5.89. The van der Waals surface area contributed by atoms with Crippen molar-refractivity contribution in [1.29, 1.82) is 0 Å². The molecule has 0 aromatic carbocycles. The van der Waals surface area contributed by atoms with Gasteiger partial charge in [0.2, 0.25) is 15.9 Å². The molecule has 5 nitrogen and oxygen atoms in total. The van der Waals surface area contributed by atoms with Gasteiger partial charge < -0.3 is 4.42 Å². The summed E-state index contributed by atoms with van der Waals surface area (Å²) < 4.78 is 30.6. The number of rotatable bonds is 6. The molecule has 0 fully saturated rings. The molecule has 0 saturated carbocycles. The number of sulfonamides is 1. The summed E-state index contributed by atoms with van der Waals surface area (Å²) in [6.45, 7) is 3.60. The maximum atomic E-state index is 11.5. The Balaban J connectivity index is 2.48. The van der Waals surface area contributed by atoms with Gasteiger partial charge in [-0.05, 0) is 12.8 Å². The Morgan fingerprint density at radius 3 is 2.81 bits per heavy atom. The lowest BCUT2D eigenvalue weighted by atomic mass is 10.3. The Morgan fingerprint density at radius 2 is 2.31 bits per heavy atom. The molecule has 1 rings (SSSR count). The highest BCUT2D eigenvalue weighted by Gasteiger charge is 2.15. The van der Waals surface area contributed by atoms with E-state index in [1.807, 2.05) is 0 Å². The highest BCUT2D eigenvalue weighted by Crippen LogP contribution is 2.04. The standard InChI is InChI=1S/C9H15ClN2O3S/c1-7(3-10)6-16(13,14)12-5-9-11-4-8(2)15-9/h4,7,12H,3,5-6H2,1-2H3. The van der Waals surface area contributed by atoms with Gasteiger partial charge in [0.25, 0.3) is 0 Å². The van der Waals surface area contributed by atoms with Crippen molar-refractivity contribution in [2.45, 2.75) is 20.4 Å². The molecule has 1 atom stereocenters. The smallest absolute Gasteiger partial charge is 0.212 e. The van der Waals surface area contributed by atoms with Gasteiger partial charge in [-0.3, -0.25) is 0 Å². The molecule has 0 aliphatic carbocycles. The number of hydrogen-bond acceptors (Lipinski definition) is 4. The van der Waals surface area contributed by atoms with Crippen LogP contribution in [-0.2, 0) is 16.6 Å². The first kappa shape index (κ1) is 13.5. The maximum Gasteiger partial charge on any atom is 0.212 e. The van der Waals surface area contributed by atoms with Crippen LogP contribution in [0.1, 0.15) is 18.6 Å². The summed E-state index contributed by atoms with van der Waals surface area (Å²) in [5.74, 6) is 1.27. The molecule has 0 bridgehead atoms. The first-order valence-corrected chi connectivity index (χ1v) is 7.06. The van der Waals surface area contributed by atoms with E-state index >= 15 is 0 Å². The molecule has 1 aromatic heterocycles. The van der Waals surface area contributed by atoms with Crippen molar-refractivity contribution >= 4 is 21.6 Å². The molecule has 92 valence electrons. The van der Waals surface area contributed by atoms with Crippen LogP contribution in [0.25, 0.3) is 0 Å². The zero-order valence-electron chi connectivity index (χ0n) is 9.23. The van der Waals surface area contributed by atoms with Crippen LogP contribution >= 0.6 is 11.6 Å². The topological polar surface area (TPSA) is 72.2 Å². The van der Waals surface area contributed by atoms with Crippen molar-refractivity contribution in [3.63, 3.8) is 0 Å². The van der Waals surface area contributed by atoms with Gasteiger partial charge in [0, 0.05) is 5.88 Å². The lowest BCUT2D eigenvalue weighted by Gasteiger charge is -2.08. The first-order valence-electron chi connectivity index (χ1n) is 4.87. The van der Waals surface area contributed by atoms with E-state index in [1.165, 1.54) is 0 Å². The molecule has 0 radical (unpaired) electrons. The largest absolute Gasteiger partial charge is 0.445 e. The van der Waals surface area contributed by atoms with Crippen molar-refractivity contribution in [3.05, 3.63) is 17.8 Å². The van der Waals surface area contributed by atoms with E-state index in [9.17, 15) is 8.42 Å². The maximum absolute atomic E-state index is 11.5. The lowest BCUT2D eigenvalue weighted by Crippen LogP contribution is -2.29. The average molecular weight is 267 g/mol. The second kappa shape index (κ2) is 5.65. The van der Waals surface area contributed by atoms with E-state index in [0.29, 0.717) is 17.5 Å². The van der Waals surface area contributed by atoms with Gasteiger partial charge in [-0.25, -0.2) is 18.1 Å². The number of oxazole rings is 1. The average Bonchev–Trinajstić information content (AvgIpc) is 2.61. The van der Waals surface area contributed by atoms with Crippen LogP contribution in [-0.4, -0.2) is 25.0 Å². The van der Waals surface area contributed by atoms with Crippen LogP contribution in [0.4, 0.5) is 0 Å². The molecule has 0 saturated heterocycles. The van der Waals surface area contributed by atoms with E-state index in [1.54, 1.807) is 20.0 Å². The lowest BCUT2D eigenvalue weighted by molar-refractivity contribution is 0.462. The quantitative estimate of drug-likeness (QED) is 0.788. The molecular formula is C9H15ClN2O3S. The highest BCUT2D eigenvalue weighted by molar-refractivity contribution is 7.89. The van der Waals surface area contributed by atoms with Gasteiger partial charge >= 0.3 is 0 Å². The van der Waals surface area contributed by atoms with Crippen LogP contribution in [0.15, 0.2) is 10.6 Å². The van der Waals surface area contributed by atoms with E-state index < -0.39 is 10.0 Å². The Hall–Kier alpha value is -0.590. The monoisotopic (exact) mass is 266 g/mol. The van der Waals surface area contributed by atoms with Gasteiger partial charge in [0.15, 0.2) is 0 Å². The van der Waals surface area contributed by atoms with E-state index in [0.717, 1.165) is 0 Å². The summed E-state index contributed by atoms with van der Waals surface area (Å²) in [5.41, 5.74) is 0. The fourth-order valence-corrected chi connectivity index (χ4v) is 2.70. The van der Waals surface area contributed by atoms with Crippen molar-refractivity contribution in [2.24, 2.45) is 5.92 Å². The molecule has 0 aliphatic rings.